The summed E-state index contributed by atoms with van der Waals surface area (Å²) in [7, 11) is 0. The van der Waals surface area contributed by atoms with Crippen molar-refractivity contribution in [3.05, 3.63) is 72.6 Å². The lowest BCUT2D eigenvalue weighted by molar-refractivity contribution is 0.243. The maximum Gasteiger partial charge on any atom is 0.378 e. The van der Waals surface area contributed by atoms with E-state index in [-0.39, 0.29) is 0 Å². The maximum absolute atomic E-state index is 5.44. The predicted octanol–water partition coefficient (Wildman–Crippen LogP) is 3.30. The van der Waals surface area contributed by atoms with Crippen molar-refractivity contribution in [2.24, 2.45) is 0 Å². The van der Waals surface area contributed by atoms with E-state index < -0.39 is 0 Å². The number of hydrogen-bond acceptors (Lipinski definition) is 3. The lowest BCUT2D eigenvalue weighted by atomic mass is 10.3. The zero-order valence-electron chi connectivity index (χ0n) is 9.00. The molecule has 3 nitrogen and oxygen atoms in total. The maximum atomic E-state index is 5.44. The molecule has 0 unspecified atom stereocenters. The highest BCUT2D eigenvalue weighted by molar-refractivity contribution is 5.27. The van der Waals surface area contributed by atoms with Gasteiger partial charge in [0.2, 0.25) is 0 Å². The molecule has 0 fully saturated rings. The number of ether oxygens (including phenoxy) is 3. The van der Waals surface area contributed by atoms with Gasteiger partial charge in [0.05, 0.1) is 0 Å². The van der Waals surface area contributed by atoms with E-state index in [0.717, 1.165) is 11.5 Å². The van der Waals surface area contributed by atoms with E-state index in [1.165, 1.54) is 0 Å². The van der Waals surface area contributed by atoms with Crippen LogP contribution in [0.1, 0.15) is 0 Å². The highest BCUT2D eigenvalue weighted by Gasteiger charge is 2.32. The van der Waals surface area contributed by atoms with E-state index in [1.807, 2.05) is 60.7 Å². The molecule has 0 amide bonds. The van der Waals surface area contributed by atoms with Gasteiger partial charge < -0.3 is 14.2 Å². The van der Waals surface area contributed by atoms with Crippen molar-refractivity contribution in [1.82, 2.24) is 0 Å². The first-order valence-corrected chi connectivity index (χ1v) is 5.30. The Hall–Kier alpha value is -2.42. The molecule has 1 aliphatic rings. The van der Waals surface area contributed by atoms with Crippen LogP contribution < -0.4 is 9.47 Å². The van der Waals surface area contributed by atoms with Gasteiger partial charge in [-0.2, -0.15) is 0 Å². The van der Waals surface area contributed by atoms with E-state index >= 15 is 0 Å². The molecule has 0 atom stereocenters. The summed E-state index contributed by atoms with van der Waals surface area (Å²) < 4.78 is 16.0. The second-order valence-corrected chi connectivity index (χ2v) is 3.51. The number of para-hydroxylation sites is 2. The Balaban J connectivity index is 1.65. The van der Waals surface area contributed by atoms with Gasteiger partial charge in [-0.25, -0.2) is 0 Å². The van der Waals surface area contributed by atoms with Crippen LogP contribution in [0.5, 0.6) is 11.5 Å². The first kappa shape index (κ1) is 9.78. The lowest BCUT2D eigenvalue weighted by Crippen LogP contribution is -1.85. The zero-order chi connectivity index (χ0) is 11.5. The minimum Gasteiger partial charge on any atom is -0.421 e. The standard InChI is InChI=1S/C14H10O3/c1-3-7-11(8-4-1)15-13-14(17-13)16-12-9-5-2-6-10-12/h1-10H. The molecule has 3 heteroatoms. The Morgan fingerprint density at radius 3 is 1.41 bits per heavy atom. The molecule has 0 saturated carbocycles. The molecule has 17 heavy (non-hydrogen) atoms. The van der Waals surface area contributed by atoms with Gasteiger partial charge >= 0.3 is 11.9 Å². The zero-order valence-corrected chi connectivity index (χ0v) is 9.00. The Labute approximate surface area is 98.9 Å². The van der Waals surface area contributed by atoms with Crippen LogP contribution in [0, 0.1) is 0 Å². The third kappa shape index (κ3) is 2.39. The molecule has 0 aliphatic carbocycles. The van der Waals surface area contributed by atoms with Crippen LogP contribution in [0.15, 0.2) is 72.6 Å². The first-order chi connectivity index (χ1) is 8.42. The van der Waals surface area contributed by atoms with Crippen molar-refractivity contribution in [1.29, 1.82) is 0 Å². The van der Waals surface area contributed by atoms with Crippen LogP contribution in [0.4, 0.5) is 0 Å². The fraction of sp³-hybridized carbons (Fsp3) is 0. The largest absolute Gasteiger partial charge is 0.421 e. The van der Waals surface area contributed by atoms with Crippen molar-refractivity contribution in [3.8, 4) is 11.5 Å². The van der Waals surface area contributed by atoms with Gasteiger partial charge in [0.1, 0.15) is 11.5 Å². The molecule has 0 saturated heterocycles. The highest BCUT2D eigenvalue weighted by atomic mass is 16.8. The summed E-state index contributed by atoms with van der Waals surface area (Å²) in [6, 6.07) is 18.9. The Morgan fingerprint density at radius 1 is 0.588 bits per heavy atom. The van der Waals surface area contributed by atoms with Gasteiger partial charge in [0.15, 0.2) is 0 Å². The second kappa shape index (κ2) is 4.22. The molecule has 2 aromatic rings. The van der Waals surface area contributed by atoms with Crippen molar-refractivity contribution in [3.63, 3.8) is 0 Å². The summed E-state index contributed by atoms with van der Waals surface area (Å²) in [5.41, 5.74) is 0. The van der Waals surface area contributed by atoms with Gasteiger partial charge in [-0.15, -0.1) is 0 Å². The summed E-state index contributed by atoms with van der Waals surface area (Å²) in [4.78, 5) is 0. The van der Waals surface area contributed by atoms with Gasteiger partial charge in [-0.05, 0) is 24.3 Å². The van der Waals surface area contributed by atoms with E-state index in [2.05, 4.69) is 0 Å². The summed E-state index contributed by atoms with van der Waals surface area (Å²) in [6.45, 7) is 0. The molecular formula is C14H10O3. The average Bonchev–Trinajstić information content (AvgIpc) is 3.10. The minimum absolute atomic E-state index is 0.417. The summed E-state index contributed by atoms with van der Waals surface area (Å²) in [5.74, 6) is 2.29. The van der Waals surface area contributed by atoms with Gasteiger partial charge in [0, 0.05) is 0 Å². The summed E-state index contributed by atoms with van der Waals surface area (Å²) in [6.07, 6.45) is 0. The fourth-order valence-electron chi connectivity index (χ4n) is 1.37. The Kier molecular flexibility index (Phi) is 2.43. The Morgan fingerprint density at radius 2 is 1.00 bits per heavy atom. The summed E-state index contributed by atoms with van der Waals surface area (Å²) in [5, 5.41) is 0. The predicted molar refractivity (Wildman–Crippen MR) is 62.3 cm³/mol. The van der Waals surface area contributed by atoms with Crippen LogP contribution in [-0.4, -0.2) is 0 Å². The third-order valence-corrected chi connectivity index (χ3v) is 2.22. The number of rotatable bonds is 4. The van der Waals surface area contributed by atoms with E-state index in [4.69, 9.17) is 14.2 Å². The molecule has 0 N–H and O–H groups in total. The molecule has 0 radical (unpaired) electrons. The van der Waals surface area contributed by atoms with Crippen molar-refractivity contribution in [2.45, 2.75) is 0 Å². The van der Waals surface area contributed by atoms with Crippen LogP contribution >= 0.6 is 0 Å². The smallest absolute Gasteiger partial charge is 0.378 e. The van der Waals surface area contributed by atoms with Gasteiger partial charge in [0.25, 0.3) is 0 Å². The van der Waals surface area contributed by atoms with Crippen LogP contribution in [-0.2, 0) is 4.74 Å². The molecule has 0 bridgehead atoms. The van der Waals surface area contributed by atoms with Gasteiger partial charge in [-0.3, -0.25) is 0 Å². The normalized spacial score (nSPS) is 12.9. The van der Waals surface area contributed by atoms with Crippen LogP contribution in [0.3, 0.4) is 0 Å². The molecule has 3 rings (SSSR count). The van der Waals surface area contributed by atoms with Crippen molar-refractivity contribution in [2.75, 3.05) is 0 Å². The van der Waals surface area contributed by atoms with Crippen LogP contribution in [0.25, 0.3) is 0 Å². The molecule has 2 aromatic carbocycles. The minimum atomic E-state index is 0.417. The third-order valence-electron chi connectivity index (χ3n) is 2.22. The van der Waals surface area contributed by atoms with E-state index in [9.17, 15) is 0 Å². The van der Waals surface area contributed by atoms with Crippen molar-refractivity contribution >= 4 is 0 Å². The Bertz CT molecular complexity index is 482. The SMILES string of the molecule is c1ccc(OC2=C(Oc3ccccc3)O2)cc1. The topological polar surface area (TPSA) is 31.0 Å². The monoisotopic (exact) mass is 226 g/mol. The van der Waals surface area contributed by atoms with Crippen molar-refractivity contribution < 1.29 is 14.2 Å². The molecule has 1 heterocycles. The van der Waals surface area contributed by atoms with E-state index in [1.54, 1.807) is 0 Å². The molecule has 1 aliphatic heterocycles. The molecule has 0 spiro atoms. The fourth-order valence-corrected chi connectivity index (χ4v) is 1.37. The van der Waals surface area contributed by atoms with Gasteiger partial charge in [-0.1, -0.05) is 36.4 Å². The number of benzene rings is 2. The first-order valence-electron chi connectivity index (χ1n) is 5.30. The average molecular weight is 226 g/mol. The molecule has 0 aromatic heterocycles. The highest BCUT2D eigenvalue weighted by Crippen LogP contribution is 2.31. The number of hydrogen-bond donors (Lipinski definition) is 0. The second-order valence-electron chi connectivity index (χ2n) is 3.51. The summed E-state index contributed by atoms with van der Waals surface area (Å²) >= 11 is 0. The molecular weight excluding hydrogens is 216 g/mol. The lowest BCUT2D eigenvalue weighted by Gasteiger charge is -1.95. The van der Waals surface area contributed by atoms with Crippen LogP contribution in [0.2, 0.25) is 0 Å². The quantitative estimate of drug-likeness (QED) is 0.801. The van der Waals surface area contributed by atoms with E-state index in [0.29, 0.717) is 11.9 Å². The molecule has 84 valence electrons.